The summed E-state index contributed by atoms with van der Waals surface area (Å²) in [5.41, 5.74) is -1.03. The maximum Gasteiger partial charge on any atom is 0.573 e. The van der Waals surface area contributed by atoms with E-state index in [4.69, 9.17) is 0 Å². The highest BCUT2D eigenvalue weighted by Crippen LogP contribution is 2.37. The highest BCUT2D eigenvalue weighted by atomic mass is 32.2. The van der Waals surface area contributed by atoms with Crippen LogP contribution in [0.15, 0.2) is 65.6 Å². The first kappa shape index (κ1) is 25.1. The Morgan fingerprint density at radius 2 is 1.56 bits per heavy atom. The molecule has 1 amide bonds. The molecule has 0 atom stereocenters. The first-order chi connectivity index (χ1) is 15.9. The summed E-state index contributed by atoms with van der Waals surface area (Å²) < 4.78 is 96.7. The van der Waals surface area contributed by atoms with Crippen LogP contribution in [0.2, 0.25) is 0 Å². The molecule has 0 aliphatic heterocycles. The number of hydrogen-bond acceptors (Lipinski definition) is 4. The summed E-state index contributed by atoms with van der Waals surface area (Å²) >= 11 is 0. The van der Waals surface area contributed by atoms with E-state index in [1.54, 1.807) is 0 Å². The minimum atomic E-state index is -5.06. The fraction of sp³-hybridized carbons (Fsp3) is 0.136. The molecule has 3 aromatic rings. The molecule has 0 saturated heterocycles. The summed E-state index contributed by atoms with van der Waals surface area (Å²) in [6.45, 7) is 0. The zero-order chi connectivity index (χ0) is 25.1. The molecule has 6 nitrogen and oxygen atoms in total. The lowest BCUT2D eigenvalue weighted by Gasteiger charge is -2.15. The molecule has 34 heavy (non-hydrogen) atoms. The third-order valence-corrected chi connectivity index (χ3v) is 6.01. The van der Waals surface area contributed by atoms with E-state index in [1.807, 2.05) is 0 Å². The van der Waals surface area contributed by atoms with E-state index in [0.717, 1.165) is 24.3 Å². The number of nitrogens with one attached hydrogen (secondary N) is 2. The molecular formula is C22H17F5N2O4S. The lowest BCUT2D eigenvalue weighted by Crippen LogP contribution is -2.19. The number of halogens is 5. The fourth-order valence-corrected chi connectivity index (χ4v) is 3.81. The number of sulfonamides is 1. The first-order valence-corrected chi connectivity index (χ1v) is 11.0. The van der Waals surface area contributed by atoms with Gasteiger partial charge in [-0.2, -0.15) is 0 Å². The number of amides is 1. The van der Waals surface area contributed by atoms with Crippen LogP contribution in [-0.4, -0.2) is 27.7 Å². The van der Waals surface area contributed by atoms with Crippen molar-refractivity contribution in [1.82, 2.24) is 4.72 Å². The van der Waals surface area contributed by atoms with Gasteiger partial charge in [-0.05, 0) is 42.9 Å². The van der Waals surface area contributed by atoms with Gasteiger partial charge in [0.25, 0.3) is 0 Å². The van der Waals surface area contributed by atoms with Gasteiger partial charge in [-0.25, -0.2) is 21.9 Å². The minimum absolute atomic E-state index is 0.00586. The second kappa shape index (κ2) is 9.77. The second-order valence-corrected chi connectivity index (χ2v) is 8.82. The van der Waals surface area contributed by atoms with Crippen molar-refractivity contribution in [3.8, 4) is 16.9 Å². The predicted octanol–water partition coefficient (Wildman–Crippen LogP) is 4.62. The van der Waals surface area contributed by atoms with Gasteiger partial charge in [0.05, 0.1) is 16.9 Å². The van der Waals surface area contributed by atoms with Crippen LogP contribution in [0.4, 0.5) is 27.6 Å². The van der Waals surface area contributed by atoms with Crippen LogP contribution < -0.4 is 14.8 Å². The SMILES string of the molecule is CNS(=O)(=O)c1ccc(CC(=O)Nc2cc(F)c(-c3ccccc3OC(F)(F)F)c(F)c2)cc1. The highest BCUT2D eigenvalue weighted by molar-refractivity contribution is 7.89. The van der Waals surface area contributed by atoms with Crippen molar-refractivity contribution < 1.29 is 39.9 Å². The monoisotopic (exact) mass is 500 g/mol. The van der Waals surface area contributed by atoms with Crippen molar-refractivity contribution >= 4 is 21.6 Å². The van der Waals surface area contributed by atoms with Gasteiger partial charge in [-0.15, -0.1) is 13.2 Å². The first-order valence-electron chi connectivity index (χ1n) is 9.56. The number of anilines is 1. The Labute approximate surface area is 191 Å². The fourth-order valence-electron chi connectivity index (χ4n) is 3.08. The molecule has 0 aliphatic carbocycles. The van der Waals surface area contributed by atoms with Crippen LogP contribution in [0.25, 0.3) is 11.1 Å². The van der Waals surface area contributed by atoms with Gasteiger partial charge in [0.2, 0.25) is 15.9 Å². The molecule has 0 saturated carbocycles. The van der Waals surface area contributed by atoms with Gasteiger partial charge in [0.1, 0.15) is 17.4 Å². The largest absolute Gasteiger partial charge is 0.573 e. The Morgan fingerprint density at radius 3 is 2.12 bits per heavy atom. The topological polar surface area (TPSA) is 84.5 Å². The molecule has 12 heteroatoms. The van der Waals surface area contributed by atoms with E-state index < -0.39 is 50.8 Å². The number of benzene rings is 3. The van der Waals surface area contributed by atoms with Crippen LogP contribution in [0.1, 0.15) is 5.56 Å². The van der Waals surface area contributed by atoms with Gasteiger partial charge in [-0.1, -0.05) is 30.3 Å². The minimum Gasteiger partial charge on any atom is -0.405 e. The van der Waals surface area contributed by atoms with E-state index >= 15 is 0 Å². The summed E-state index contributed by atoms with van der Waals surface area (Å²) in [6, 6.07) is 11.4. The molecule has 0 aliphatic rings. The predicted molar refractivity (Wildman–Crippen MR) is 113 cm³/mol. The van der Waals surface area contributed by atoms with E-state index in [0.29, 0.717) is 5.56 Å². The Hall–Kier alpha value is -3.51. The average molecular weight is 500 g/mol. The van der Waals surface area contributed by atoms with Crippen molar-refractivity contribution in [1.29, 1.82) is 0 Å². The summed E-state index contributed by atoms with van der Waals surface area (Å²) in [7, 11) is -2.39. The molecule has 0 unspecified atom stereocenters. The van der Waals surface area contributed by atoms with Crippen molar-refractivity contribution in [2.75, 3.05) is 12.4 Å². The highest BCUT2D eigenvalue weighted by Gasteiger charge is 2.33. The molecule has 3 rings (SSSR count). The zero-order valence-electron chi connectivity index (χ0n) is 17.4. The lowest BCUT2D eigenvalue weighted by atomic mass is 10.0. The molecule has 0 fully saturated rings. The Morgan fingerprint density at radius 1 is 0.971 bits per heavy atom. The average Bonchev–Trinajstić information content (AvgIpc) is 2.73. The molecular weight excluding hydrogens is 483 g/mol. The Kier molecular flexibility index (Phi) is 7.22. The number of rotatable bonds is 7. The number of ether oxygens (including phenoxy) is 1. The number of hydrogen-bond donors (Lipinski definition) is 2. The third-order valence-electron chi connectivity index (χ3n) is 4.58. The summed E-state index contributed by atoms with van der Waals surface area (Å²) in [5.74, 6) is -3.87. The number of carbonyl (C=O) groups excluding carboxylic acids is 1. The maximum absolute atomic E-state index is 14.7. The summed E-state index contributed by atoms with van der Waals surface area (Å²) in [6.07, 6.45) is -5.29. The molecule has 180 valence electrons. The quantitative estimate of drug-likeness (QED) is 0.464. The van der Waals surface area contributed by atoms with Crippen molar-refractivity contribution in [2.45, 2.75) is 17.7 Å². The normalized spacial score (nSPS) is 11.8. The standard InChI is InChI=1S/C22H17F5N2O4S/c1-28-34(31,32)15-8-6-13(7-9-15)10-20(30)29-14-11-17(23)21(18(24)12-14)16-4-2-3-5-19(16)33-22(25,26)27/h2-9,11-12,28H,10H2,1H3,(H,29,30). The zero-order valence-corrected chi connectivity index (χ0v) is 18.2. The second-order valence-electron chi connectivity index (χ2n) is 6.94. The number of carbonyl (C=O) groups is 1. The van der Waals surface area contributed by atoms with Gasteiger partial charge in [-0.3, -0.25) is 4.79 Å². The molecule has 0 spiro atoms. The van der Waals surface area contributed by atoms with Crippen LogP contribution in [0.5, 0.6) is 5.75 Å². The van der Waals surface area contributed by atoms with Gasteiger partial charge < -0.3 is 10.1 Å². The lowest BCUT2D eigenvalue weighted by molar-refractivity contribution is -0.274. The van der Waals surface area contributed by atoms with E-state index in [1.165, 1.54) is 43.4 Å². The van der Waals surface area contributed by atoms with Crippen LogP contribution in [-0.2, 0) is 21.2 Å². The number of para-hydroxylation sites is 1. The van der Waals surface area contributed by atoms with Crippen LogP contribution >= 0.6 is 0 Å². The molecule has 0 bridgehead atoms. The molecule has 0 radical (unpaired) electrons. The molecule has 2 N–H and O–H groups in total. The third kappa shape index (κ3) is 6.08. The molecule has 0 aromatic heterocycles. The molecule has 3 aromatic carbocycles. The van der Waals surface area contributed by atoms with Crippen molar-refractivity contribution in [2.24, 2.45) is 0 Å². The smallest absolute Gasteiger partial charge is 0.405 e. The number of alkyl halides is 3. The van der Waals surface area contributed by atoms with Crippen molar-refractivity contribution in [3.63, 3.8) is 0 Å². The van der Waals surface area contributed by atoms with Crippen LogP contribution in [0, 0.1) is 11.6 Å². The van der Waals surface area contributed by atoms with Crippen molar-refractivity contribution in [3.05, 3.63) is 77.9 Å². The van der Waals surface area contributed by atoms with E-state index in [2.05, 4.69) is 14.8 Å². The summed E-state index contributed by atoms with van der Waals surface area (Å²) in [4.78, 5) is 12.3. The van der Waals surface area contributed by atoms with Gasteiger partial charge in [0.15, 0.2) is 0 Å². The maximum atomic E-state index is 14.7. The molecule has 0 heterocycles. The van der Waals surface area contributed by atoms with E-state index in [9.17, 15) is 35.2 Å². The summed E-state index contributed by atoms with van der Waals surface area (Å²) in [5, 5.41) is 2.30. The van der Waals surface area contributed by atoms with E-state index in [-0.39, 0.29) is 17.0 Å². The van der Waals surface area contributed by atoms with Gasteiger partial charge >= 0.3 is 6.36 Å². The van der Waals surface area contributed by atoms with Gasteiger partial charge in [0, 0.05) is 11.3 Å². The Balaban J connectivity index is 1.79. The van der Waals surface area contributed by atoms with Crippen LogP contribution in [0.3, 0.4) is 0 Å². The Bertz CT molecular complexity index is 1290.